The van der Waals surface area contributed by atoms with Crippen molar-refractivity contribution in [1.29, 1.82) is 0 Å². The molecule has 2 amide bonds. The number of rotatable bonds is 5. The molecule has 0 bridgehead atoms. The quantitative estimate of drug-likeness (QED) is 0.738. The maximum Gasteiger partial charge on any atom is 0.245 e. The van der Waals surface area contributed by atoms with Gasteiger partial charge in [0.2, 0.25) is 17.8 Å². The predicted molar refractivity (Wildman–Crippen MR) is 118 cm³/mol. The summed E-state index contributed by atoms with van der Waals surface area (Å²) < 4.78 is 0. The SMILES string of the molecule is CN1CC[C@H](NC(=O)CN2CCN(c3nncc(-c4ccc(Cl)cc4)n3)CC2)CC1=O. The van der Waals surface area contributed by atoms with E-state index in [1.165, 1.54) is 0 Å². The molecule has 1 aromatic heterocycles. The van der Waals surface area contributed by atoms with Gasteiger partial charge in [-0.1, -0.05) is 23.7 Å². The van der Waals surface area contributed by atoms with E-state index in [4.69, 9.17) is 11.6 Å². The Morgan fingerprint density at radius 3 is 2.61 bits per heavy atom. The second kappa shape index (κ2) is 9.57. The molecule has 1 atom stereocenters. The van der Waals surface area contributed by atoms with Gasteiger partial charge in [-0.2, -0.15) is 5.10 Å². The smallest absolute Gasteiger partial charge is 0.245 e. The van der Waals surface area contributed by atoms with E-state index in [0.29, 0.717) is 43.6 Å². The average molecular weight is 444 g/mol. The Morgan fingerprint density at radius 2 is 1.90 bits per heavy atom. The Labute approximate surface area is 186 Å². The van der Waals surface area contributed by atoms with Gasteiger partial charge >= 0.3 is 0 Å². The maximum atomic E-state index is 12.4. The number of nitrogens with one attached hydrogen (secondary N) is 1. The summed E-state index contributed by atoms with van der Waals surface area (Å²) in [4.78, 5) is 34.8. The van der Waals surface area contributed by atoms with Crippen molar-refractivity contribution in [3.05, 3.63) is 35.5 Å². The second-order valence-electron chi connectivity index (χ2n) is 7.98. The van der Waals surface area contributed by atoms with Crippen LogP contribution in [-0.2, 0) is 9.59 Å². The number of benzene rings is 1. The normalized spacial score (nSPS) is 20.1. The van der Waals surface area contributed by atoms with Crippen LogP contribution in [0.5, 0.6) is 0 Å². The molecule has 2 aliphatic rings. The standard InChI is InChI=1S/C21H26ClN7O2/c1-27-7-6-17(12-20(27)31)24-19(30)14-28-8-10-29(11-9-28)21-25-18(13-23-26-21)15-2-4-16(22)5-3-15/h2-5,13,17H,6-12,14H2,1H3,(H,24,30)/t17-/m0/s1. The molecule has 0 aliphatic carbocycles. The van der Waals surface area contributed by atoms with Crippen LogP contribution < -0.4 is 10.2 Å². The zero-order valence-electron chi connectivity index (χ0n) is 17.5. The number of likely N-dealkylation sites (tertiary alicyclic amines) is 1. The molecule has 1 aromatic carbocycles. The van der Waals surface area contributed by atoms with Crippen LogP contribution in [-0.4, -0.2) is 89.2 Å². The Kier molecular flexibility index (Phi) is 6.62. The van der Waals surface area contributed by atoms with Crippen LogP contribution >= 0.6 is 11.6 Å². The fourth-order valence-corrected chi connectivity index (χ4v) is 3.96. The fraction of sp³-hybridized carbons (Fsp3) is 0.476. The zero-order chi connectivity index (χ0) is 21.8. The number of piperazine rings is 1. The molecule has 2 fully saturated rings. The molecule has 164 valence electrons. The van der Waals surface area contributed by atoms with E-state index in [1.54, 1.807) is 18.1 Å². The first kappa shape index (κ1) is 21.5. The Bertz CT molecular complexity index is 932. The molecule has 0 saturated carbocycles. The van der Waals surface area contributed by atoms with Gasteiger partial charge < -0.3 is 15.1 Å². The molecule has 2 aliphatic heterocycles. The van der Waals surface area contributed by atoms with Crippen molar-refractivity contribution in [2.75, 3.05) is 51.2 Å². The third-order valence-electron chi connectivity index (χ3n) is 5.73. The van der Waals surface area contributed by atoms with Gasteiger partial charge in [-0.25, -0.2) is 4.98 Å². The van der Waals surface area contributed by atoms with Gasteiger partial charge in [-0.05, 0) is 18.6 Å². The summed E-state index contributed by atoms with van der Waals surface area (Å²) in [6.45, 7) is 3.91. The van der Waals surface area contributed by atoms with Crippen LogP contribution in [0.2, 0.25) is 5.02 Å². The topological polar surface area (TPSA) is 94.6 Å². The third-order valence-corrected chi connectivity index (χ3v) is 5.99. The van der Waals surface area contributed by atoms with E-state index < -0.39 is 0 Å². The van der Waals surface area contributed by atoms with Gasteiger partial charge in [0.15, 0.2) is 0 Å². The first-order chi connectivity index (χ1) is 15.0. The molecular weight excluding hydrogens is 418 g/mol. The molecule has 1 N–H and O–H groups in total. The summed E-state index contributed by atoms with van der Waals surface area (Å²) in [7, 11) is 1.80. The summed E-state index contributed by atoms with van der Waals surface area (Å²) >= 11 is 5.96. The van der Waals surface area contributed by atoms with E-state index >= 15 is 0 Å². The van der Waals surface area contributed by atoms with Gasteiger partial charge in [-0.3, -0.25) is 14.5 Å². The minimum Gasteiger partial charge on any atom is -0.352 e. The van der Waals surface area contributed by atoms with Crippen LogP contribution in [0.25, 0.3) is 11.3 Å². The Hall–Kier alpha value is -2.78. The first-order valence-electron chi connectivity index (χ1n) is 10.4. The molecule has 31 heavy (non-hydrogen) atoms. The monoisotopic (exact) mass is 443 g/mol. The van der Waals surface area contributed by atoms with Crippen molar-refractivity contribution < 1.29 is 9.59 Å². The van der Waals surface area contributed by atoms with E-state index in [1.807, 2.05) is 24.3 Å². The highest BCUT2D eigenvalue weighted by Crippen LogP contribution is 2.21. The van der Waals surface area contributed by atoms with Crippen LogP contribution in [0, 0.1) is 0 Å². The Balaban J connectivity index is 1.28. The molecule has 4 rings (SSSR count). The van der Waals surface area contributed by atoms with Gasteiger partial charge in [-0.15, -0.1) is 5.10 Å². The minimum atomic E-state index is -0.0624. The summed E-state index contributed by atoms with van der Waals surface area (Å²) in [5, 5.41) is 12.0. The number of carbonyl (C=O) groups is 2. The number of amides is 2. The lowest BCUT2D eigenvalue weighted by Crippen LogP contribution is -2.52. The number of piperidine rings is 1. The third kappa shape index (κ3) is 5.48. The van der Waals surface area contributed by atoms with Crippen LogP contribution in [0.4, 0.5) is 5.95 Å². The Morgan fingerprint density at radius 1 is 1.16 bits per heavy atom. The van der Waals surface area contributed by atoms with E-state index in [2.05, 4.69) is 30.3 Å². The summed E-state index contributed by atoms with van der Waals surface area (Å²) in [6.07, 6.45) is 2.82. The maximum absolute atomic E-state index is 12.4. The number of aromatic nitrogens is 3. The molecule has 9 nitrogen and oxygen atoms in total. The predicted octanol–water partition coefficient (Wildman–Crippen LogP) is 1.05. The van der Waals surface area contributed by atoms with Gasteiger partial charge in [0.25, 0.3) is 0 Å². The van der Waals surface area contributed by atoms with Crippen molar-refractivity contribution in [2.45, 2.75) is 18.9 Å². The molecule has 2 aromatic rings. The number of hydrogen-bond acceptors (Lipinski definition) is 7. The lowest BCUT2D eigenvalue weighted by molar-refractivity contribution is -0.133. The summed E-state index contributed by atoms with van der Waals surface area (Å²) in [5.41, 5.74) is 1.68. The number of carbonyl (C=O) groups excluding carboxylic acids is 2. The van der Waals surface area contributed by atoms with Crippen molar-refractivity contribution in [1.82, 2.24) is 30.3 Å². The fourth-order valence-electron chi connectivity index (χ4n) is 3.84. The lowest BCUT2D eigenvalue weighted by atomic mass is 10.0. The van der Waals surface area contributed by atoms with E-state index in [-0.39, 0.29) is 17.9 Å². The summed E-state index contributed by atoms with van der Waals surface area (Å²) in [5.74, 6) is 0.638. The van der Waals surface area contributed by atoms with Gasteiger partial charge in [0.1, 0.15) is 0 Å². The van der Waals surface area contributed by atoms with Gasteiger partial charge in [0.05, 0.1) is 18.4 Å². The zero-order valence-corrected chi connectivity index (χ0v) is 18.3. The largest absolute Gasteiger partial charge is 0.352 e. The lowest BCUT2D eigenvalue weighted by Gasteiger charge is -2.35. The van der Waals surface area contributed by atoms with Crippen molar-refractivity contribution >= 4 is 29.4 Å². The summed E-state index contributed by atoms with van der Waals surface area (Å²) in [6, 6.07) is 7.40. The first-order valence-corrected chi connectivity index (χ1v) is 10.8. The minimum absolute atomic E-state index is 0.0292. The number of anilines is 1. The van der Waals surface area contributed by atoms with Crippen LogP contribution in [0.15, 0.2) is 30.5 Å². The average Bonchev–Trinajstić information content (AvgIpc) is 2.77. The highest BCUT2D eigenvalue weighted by atomic mass is 35.5. The van der Waals surface area contributed by atoms with Crippen LogP contribution in [0.1, 0.15) is 12.8 Å². The van der Waals surface area contributed by atoms with Crippen molar-refractivity contribution in [3.63, 3.8) is 0 Å². The molecule has 0 spiro atoms. The molecule has 0 radical (unpaired) electrons. The second-order valence-corrected chi connectivity index (χ2v) is 8.42. The van der Waals surface area contributed by atoms with Crippen LogP contribution in [0.3, 0.4) is 0 Å². The van der Waals surface area contributed by atoms with E-state index in [0.717, 1.165) is 30.8 Å². The highest BCUT2D eigenvalue weighted by molar-refractivity contribution is 6.30. The van der Waals surface area contributed by atoms with Crippen molar-refractivity contribution in [2.24, 2.45) is 0 Å². The molecule has 2 saturated heterocycles. The molecule has 10 heteroatoms. The molecular formula is C21H26ClN7O2. The molecule has 3 heterocycles. The molecule has 0 unspecified atom stereocenters. The van der Waals surface area contributed by atoms with Gasteiger partial charge in [0, 0.05) is 62.8 Å². The number of halogens is 1. The number of hydrogen-bond donors (Lipinski definition) is 1. The van der Waals surface area contributed by atoms with E-state index in [9.17, 15) is 9.59 Å². The highest BCUT2D eigenvalue weighted by Gasteiger charge is 2.26. The van der Waals surface area contributed by atoms with Crippen molar-refractivity contribution in [3.8, 4) is 11.3 Å². The number of nitrogens with zero attached hydrogens (tertiary/aromatic N) is 6.